The van der Waals surface area contributed by atoms with Crippen LogP contribution in [0.5, 0.6) is 0 Å². The van der Waals surface area contributed by atoms with Gasteiger partial charge in [0, 0.05) is 19.3 Å². The average molecular weight is 1120 g/mol. The van der Waals surface area contributed by atoms with Gasteiger partial charge < -0.3 is 39.0 Å². The van der Waals surface area contributed by atoms with Crippen LogP contribution < -0.4 is 0 Å². The molecule has 0 spiro atoms. The molecule has 0 aromatic carbocycles. The van der Waals surface area contributed by atoms with Gasteiger partial charge in [0.25, 0.3) is 0 Å². The quantitative estimate of drug-likeness (QED) is 0.0228. The third-order valence-electron chi connectivity index (χ3n) is 15.8. The fourth-order valence-corrected chi connectivity index (χ4v) is 10.7. The number of aliphatic hydroxyl groups is 2. The number of carboxylic acid groups (broad SMARTS) is 1. The Morgan fingerprint density at radius 2 is 0.722 bits per heavy atom. The maximum absolute atomic E-state index is 13.2. The molecule has 0 aromatic rings. The molecule has 1 aliphatic heterocycles. The Kier molecular flexibility index (Phi) is 52.8. The largest absolute Gasteiger partial charge is 0.479 e. The molecule has 3 N–H and O–H groups in total. The fourth-order valence-electron chi connectivity index (χ4n) is 10.7. The average Bonchev–Trinajstić information content (AvgIpc) is 3.46. The molecule has 0 radical (unpaired) electrons. The zero-order chi connectivity index (χ0) is 57.5. The van der Waals surface area contributed by atoms with Crippen LogP contribution >= 0.6 is 0 Å². The molecule has 0 aliphatic carbocycles. The highest BCUT2D eigenvalue weighted by atomic mass is 16.7. The van der Waals surface area contributed by atoms with Gasteiger partial charge in [0.15, 0.2) is 24.6 Å². The van der Waals surface area contributed by atoms with E-state index in [9.17, 15) is 34.5 Å². The van der Waals surface area contributed by atoms with Crippen LogP contribution in [0.15, 0.2) is 12.2 Å². The van der Waals surface area contributed by atoms with Crippen molar-refractivity contribution in [3.63, 3.8) is 0 Å². The zero-order valence-electron chi connectivity index (χ0n) is 51.4. The van der Waals surface area contributed by atoms with Crippen LogP contribution in [-0.4, -0.2) is 89.2 Å². The normalized spacial score (nSPS) is 17.8. The van der Waals surface area contributed by atoms with Gasteiger partial charge >= 0.3 is 23.9 Å². The first-order valence-electron chi connectivity index (χ1n) is 33.7. The lowest BCUT2D eigenvalue weighted by Gasteiger charge is -2.40. The zero-order valence-corrected chi connectivity index (χ0v) is 51.4. The molecule has 1 aliphatic rings. The minimum atomic E-state index is -1.90. The smallest absolute Gasteiger partial charge is 0.335 e. The number of hydrogen-bond acceptors (Lipinski definition) is 11. The topological polar surface area (TPSA) is 175 Å². The van der Waals surface area contributed by atoms with Crippen molar-refractivity contribution < 1.29 is 58.2 Å². The van der Waals surface area contributed by atoms with Gasteiger partial charge in [-0.1, -0.05) is 290 Å². The van der Waals surface area contributed by atoms with Gasteiger partial charge in [0.05, 0.1) is 6.61 Å². The predicted molar refractivity (Wildman–Crippen MR) is 322 cm³/mol. The SMILES string of the molecule is CCCCCCCC/C=C\CCCCCCCCCC(=O)OC(COC(=O)CCCCCCCCCCCCCCCCCCCCC)COC1OC(C(=O)O)C(O)C(O)C1OC(=O)CCCCCCCCCCCCCCC. The number of carbonyl (C=O) groups excluding carboxylic acids is 3. The lowest BCUT2D eigenvalue weighted by Crippen LogP contribution is -2.61. The fraction of sp³-hybridized carbons (Fsp3) is 0.910. The number of carbonyl (C=O) groups is 4. The van der Waals surface area contributed by atoms with Crippen molar-refractivity contribution in [1.82, 2.24) is 0 Å². The van der Waals surface area contributed by atoms with E-state index in [2.05, 4.69) is 32.9 Å². The van der Waals surface area contributed by atoms with Crippen molar-refractivity contribution in [2.75, 3.05) is 13.2 Å². The molecule has 1 fully saturated rings. The second kappa shape index (κ2) is 56.0. The standard InChI is InChI=1S/C67H124O12/c1-4-7-10-13-16-19-22-25-27-29-30-32-33-36-38-41-44-47-50-53-59(68)75-56-58(77-60(69)54-51-48-45-42-40-37-34-31-28-26-23-20-17-14-11-8-5-2)57-76-67-65(63(72)62(71)64(79-67)66(73)74)78-61(70)55-52-49-46-43-39-35-24-21-18-15-12-9-6-3/h26,28,58,62-65,67,71-72H,4-25,27,29-57H2,1-3H3,(H,73,74)/b28-26-. The van der Waals surface area contributed by atoms with E-state index < -0.39 is 67.3 Å². The van der Waals surface area contributed by atoms with Crippen LogP contribution in [-0.2, 0) is 42.9 Å². The summed E-state index contributed by atoms with van der Waals surface area (Å²) in [5, 5.41) is 31.6. The van der Waals surface area contributed by atoms with Crippen LogP contribution in [0.25, 0.3) is 0 Å². The van der Waals surface area contributed by atoms with Crippen LogP contribution in [0.3, 0.4) is 0 Å². The van der Waals surface area contributed by atoms with Gasteiger partial charge in [-0.3, -0.25) is 14.4 Å². The third-order valence-corrected chi connectivity index (χ3v) is 15.8. The first-order chi connectivity index (χ1) is 38.6. The number of hydrogen-bond donors (Lipinski definition) is 3. The van der Waals surface area contributed by atoms with Crippen LogP contribution in [0.2, 0.25) is 0 Å². The Morgan fingerprint density at radius 1 is 0.405 bits per heavy atom. The van der Waals surface area contributed by atoms with Gasteiger partial charge in [0.1, 0.15) is 18.8 Å². The molecule has 12 nitrogen and oxygen atoms in total. The third kappa shape index (κ3) is 45.6. The molecular formula is C67H124O12. The molecule has 12 heteroatoms. The number of unbranched alkanes of at least 4 members (excludes halogenated alkanes) is 43. The number of esters is 3. The van der Waals surface area contributed by atoms with Crippen molar-refractivity contribution in [2.45, 2.75) is 379 Å². The van der Waals surface area contributed by atoms with E-state index >= 15 is 0 Å². The summed E-state index contributed by atoms with van der Waals surface area (Å²) in [6.07, 6.45) is 51.7. The summed E-state index contributed by atoms with van der Waals surface area (Å²) in [4.78, 5) is 51.3. The van der Waals surface area contributed by atoms with Gasteiger partial charge in [0.2, 0.25) is 0 Å². The summed E-state index contributed by atoms with van der Waals surface area (Å²) < 4.78 is 28.6. The molecule has 0 amide bonds. The Balaban J connectivity index is 2.62. The maximum atomic E-state index is 13.2. The highest BCUT2D eigenvalue weighted by molar-refractivity contribution is 5.74. The van der Waals surface area contributed by atoms with Gasteiger partial charge in [-0.05, 0) is 44.9 Å². The molecule has 1 heterocycles. The summed E-state index contributed by atoms with van der Waals surface area (Å²) in [6, 6.07) is 0. The first-order valence-corrected chi connectivity index (χ1v) is 33.7. The monoisotopic (exact) mass is 1120 g/mol. The molecule has 0 bridgehead atoms. The number of carboxylic acids is 1. The predicted octanol–water partition coefficient (Wildman–Crippen LogP) is 18.0. The second-order valence-electron chi connectivity index (χ2n) is 23.5. The number of aliphatic carboxylic acids is 1. The summed E-state index contributed by atoms with van der Waals surface area (Å²) >= 11 is 0. The van der Waals surface area contributed by atoms with E-state index in [1.165, 1.54) is 212 Å². The Bertz CT molecular complexity index is 1420. The molecule has 0 aromatic heterocycles. The molecule has 79 heavy (non-hydrogen) atoms. The van der Waals surface area contributed by atoms with Gasteiger partial charge in [-0.15, -0.1) is 0 Å². The molecule has 0 saturated carbocycles. The van der Waals surface area contributed by atoms with E-state index in [4.69, 9.17) is 23.7 Å². The number of aliphatic hydroxyl groups excluding tert-OH is 2. The summed E-state index contributed by atoms with van der Waals surface area (Å²) in [7, 11) is 0. The lowest BCUT2D eigenvalue weighted by molar-refractivity contribution is -0.301. The Hall–Kier alpha value is -2.54. The summed E-state index contributed by atoms with van der Waals surface area (Å²) in [5.74, 6) is -3.07. The van der Waals surface area contributed by atoms with E-state index in [1.54, 1.807) is 0 Å². The van der Waals surface area contributed by atoms with E-state index in [0.717, 1.165) is 70.6 Å². The molecule has 464 valence electrons. The molecular weight excluding hydrogens is 997 g/mol. The Morgan fingerprint density at radius 3 is 1.08 bits per heavy atom. The second-order valence-corrected chi connectivity index (χ2v) is 23.5. The van der Waals surface area contributed by atoms with Crippen LogP contribution in [0, 0.1) is 0 Å². The number of rotatable bonds is 59. The van der Waals surface area contributed by atoms with E-state index in [0.29, 0.717) is 19.3 Å². The number of ether oxygens (including phenoxy) is 5. The molecule has 6 unspecified atom stereocenters. The summed E-state index contributed by atoms with van der Waals surface area (Å²) in [5.41, 5.74) is 0. The Labute approximate surface area is 484 Å². The van der Waals surface area contributed by atoms with Crippen molar-refractivity contribution in [2.24, 2.45) is 0 Å². The van der Waals surface area contributed by atoms with Crippen molar-refractivity contribution in [1.29, 1.82) is 0 Å². The first kappa shape index (κ1) is 74.5. The van der Waals surface area contributed by atoms with Crippen LogP contribution in [0.1, 0.15) is 342 Å². The molecule has 6 atom stereocenters. The summed E-state index contributed by atoms with van der Waals surface area (Å²) in [6.45, 7) is 6.05. The highest BCUT2D eigenvalue weighted by Crippen LogP contribution is 2.27. The minimum absolute atomic E-state index is 0.0683. The minimum Gasteiger partial charge on any atom is -0.479 e. The molecule has 1 rings (SSSR count). The van der Waals surface area contributed by atoms with Crippen LogP contribution in [0.4, 0.5) is 0 Å². The maximum Gasteiger partial charge on any atom is 0.335 e. The van der Waals surface area contributed by atoms with Crippen molar-refractivity contribution in [3.05, 3.63) is 12.2 Å². The number of allylic oxidation sites excluding steroid dienone is 2. The van der Waals surface area contributed by atoms with E-state index in [-0.39, 0.29) is 25.9 Å². The lowest BCUT2D eigenvalue weighted by atomic mass is 9.98. The highest BCUT2D eigenvalue weighted by Gasteiger charge is 2.50. The van der Waals surface area contributed by atoms with Crippen molar-refractivity contribution in [3.8, 4) is 0 Å². The van der Waals surface area contributed by atoms with Gasteiger partial charge in [-0.25, -0.2) is 4.79 Å². The molecule has 1 saturated heterocycles. The van der Waals surface area contributed by atoms with Crippen molar-refractivity contribution >= 4 is 23.9 Å². The van der Waals surface area contributed by atoms with Gasteiger partial charge in [-0.2, -0.15) is 0 Å². The van der Waals surface area contributed by atoms with E-state index in [1.807, 2.05) is 0 Å².